The fraction of sp³-hybridized carbons (Fsp3) is 0.750. The molecule has 0 saturated heterocycles. The zero-order valence-corrected chi connectivity index (χ0v) is 42.5. The summed E-state index contributed by atoms with van der Waals surface area (Å²) in [5, 5.41) is 23.3. The Morgan fingerprint density at radius 1 is 0.391 bits per heavy atom. The minimum atomic E-state index is -0.675. The summed E-state index contributed by atoms with van der Waals surface area (Å²) in [5.41, 5.74) is 0. The van der Waals surface area contributed by atoms with Gasteiger partial charge in [-0.2, -0.15) is 0 Å². The van der Waals surface area contributed by atoms with E-state index >= 15 is 0 Å². The average molecular weight is 891 g/mol. The molecular formula is C60H107NO3. The number of nitrogens with one attached hydrogen (secondary N) is 1. The van der Waals surface area contributed by atoms with Gasteiger partial charge in [0, 0.05) is 6.42 Å². The molecule has 64 heavy (non-hydrogen) atoms. The van der Waals surface area contributed by atoms with E-state index in [2.05, 4.69) is 104 Å². The average Bonchev–Trinajstić information content (AvgIpc) is 3.30. The van der Waals surface area contributed by atoms with Crippen molar-refractivity contribution in [3.05, 3.63) is 85.1 Å². The highest BCUT2D eigenvalue weighted by molar-refractivity contribution is 5.76. The zero-order chi connectivity index (χ0) is 46.3. The summed E-state index contributed by atoms with van der Waals surface area (Å²) in [4.78, 5) is 12.5. The van der Waals surface area contributed by atoms with E-state index in [1.165, 1.54) is 161 Å². The molecule has 0 heterocycles. The minimum absolute atomic E-state index is 0.0507. The summed E-state index contributed by atoms with van der Waals surface area (Å²) in [6, 6.07) is -0.554. The van der Waals surface area contributed by atoms with Crippen LogP contribution in [0.5, 0.6) is 0 Å². The van der Waals surface area contributed by atoms with E-state index in [4.69, 9.17) is 0 Å². The fourth-order valence-corrected chi connectivity index (χ4v) is 8.22. The van der Waals surface area contributed by atoms with Crippen LogP contribution in [0.15, 0.2) is 85.1 Å². The van der Waals surface area contributed by atoms with Crippen LogP contribution in [0.3, 0.4) is 0 Å². The van der Waals surface area contributed by atoms with Gasteiger partial charge in [-0.05, 0) is 70.6 Å². The normalized spacial score (nSPS) is 13.5. The number of aliphatic hydroxyl groups is 2. The van der Waals surface area contributed by atoms with Gasteiger partial charge in [-0.15, -0.1) is 0 Å². The Balaban J connectivity index is 3.56. The van der Waals surface area contributed by atoms with Crippen LogP contribution in [0.25, 0.3) is 0 Å². The maximum absolute atomic E-state index is 12.5. The molecule has 0 rings (SSSR count). The Hall–Kier alpha value is -2.43. The standard InChI is InChI=1S/C60H107NO3/c1-3-5-7-9-11-13-15-17-19-21-23-25-27-29-30-32-34-36-38-40-42-44-46-48-50-52-54-56-60(64)61-58(57-62)59(63)55-53-51-49-47-45-43-41-39-37-35-33-31-28-26-24-22-20-18-16-14-12-10-8-6-4-2/h5,7,11,13,17,19,23,25,29-30,34,36,40,42,58-59,62-63H,3-4,6,8-10,12,14-16,18,20-22,24,26-28,31-33,35,37-39,41,43-57H2,1-2H3,(H,61,64)/b7-5-,13-11-,19-17-,25-23-,30-29-,36-34-,42-40-. The maximum Gasteiger partial charge on any atom is 0.220 e. The van der Waals surface area contributed by atoms with Crippen LogP contribution < -0.4 is 5.32 Å². The molecule has 0 saturated carbocycles. The van der Waals surface area contributed by atoms with Gasteiger partial charge >= 0.3 is 0 Å². The van der Waals surface area contributed by atoms with Crippen molar-refractivity contribution in [1.82, 2.24) is 5.32 Å². The molecule has 0 fully saturated rings. The van der Waals surface area contributed by atoms with Crippen molar-refractivity contribution in [3.8, 4) is 0 Å². The Labute approximate surface area is 399 Å². The molecule has 370 valence electrons. The second kappa shape index (κ2) is 54.9. The number of hydrogen-bond acceptors (Lipinski definition) is 3. The molecule has 0 aromatic carbocycles. The third-order valence-electron chi connectivity index (χ3n) is 12.4. The highest BCUT2D eigenvalue weighted by Crippen LogP contribution is 2.17. The van der Waals surface area contributed by atoms with Crippen molar-refractivity contribution >= 4 is 5.91 Å². The zero-order valence-electron chi connectivity index (χ0n) is 42.5. The van der Waals surface area contributed by atoms with E-state index in [0.29, 0.717) is 12.8 Å². The quantitative estimate of drug-likeness (QED) is 0.0421. The number of rotatable bonds is 50. The van der Waals surface area contributed by atoms with Gasteiger partial charge in [0.15, 0.2) is 0 Å². The first-order valence-electron chi connectivity index (χ1n) is 27.8. The molecule has 0 aliphatic carbocycles. The molecule has 0 aromatic rings. The highest BCUT2D eigenvalue weighted by Gasteiger charge is 2.20. The molecular weight excluding hydrogens is 783 g/mol. The smallest absolute Gasteiger partial charge is 0.220 e. The Bertz CT molecular complexity index is 1150. The monoisotopic (exact) mass is 890 g/mol. The van der Waals surface area contributed by atoms with Crippen molar-refractivity contribution in [2.75, 3.05) is 6.61 Å². The largest absolute Gasteiger partial charge is 0.394 e. The van der Waals surface area contributed by atoms with E-state index < -0.39 is 12.1 Å². The third kappa shape index (κ3) is 50.6. The molecule has 0 radical (unpaired) electrons. The SMILES string of the molecule is CC/C=C\C/C=C\C/C=C\C/C=C\C/C=C\C/C=C\C/C=C\CCCCCCCC(=O)NC(CO)C(O)CCCCCCCCCCCCCCCCCCCCCCCCCCC. The molecule has 0 aromatic heterocycles. The number of amides is 1. The van der Waals surface area contributed by atoms with Gasteiger partial charge in [-0.1, -0.05) is 279 Å². The molecule has 0 aliphatic rings. The summed E-state index contributed by atoms with van der Waals surface area (Å²) >= 11 is 0. The summed E-state index contributed by atoms with van der Waals surface area (Å²) < 4.78 is 0. The van der Waals surface area contributed by atoms with Crippen LogP contribution in [0.4, 0.5) is 0 Å². The van der Waals surface area contributed by atoms with Crippen molar-refractivity contribution < 1.29 is 15.0 Å². The van der Waals surface area contributed by atoms with Gasteiger partial charge in [0.05, 0.1) is 18.8 Å². The number of carbonyl (C=O) groups is 1. The van der Waals surface area contributed by atoms with Crippen molar-refractivity contribution in [1.29, 1.82) is 0 Å². The first-order chi connectivity index (χ1) is 31.7. The lowest BCUT2D eigenvalue weighted by atomic mass is 10.0. The predicted molar refractivity (Wildman–Crippen MR) is 285 cm³/mol. The minimum Gasteiger partial charge on any atom is -0.394 e. The van der Waals surface area contributed by atoms with Gasteiger partial charge in [0.1, 0.15) is 0 Å². The van der Waals surface area contributed by atoms with E-state index in [1.807, 2.05) is 0 Å². The van der Waals surface area contributed by atoms with Gasteiger partial charge in [-0.3, -0.25) is 4.79 Å². The lowest BCUT2D eigenvalue weighted by Gasteiger charge is -2.22. The van der Waals surface area contributed by atoms with E-state index in [0.717, 1.165) is 83.5 Å². The molecule has 1 amide bonds. The summed E-state index contributed by atoms with van der Waals surface area (Å²) in [6.45, 7) is 4.25. The van der Waals surface area contributed by atoms with Crippen LogP contribution in [-0.2, 0) is 4.79 Å². The first-order valence-corrected chi connectivity index (χ1v) is 27.8. The lowest BCUT2D eigenvalue weighted by molar-refractivity contribution is -0.123. The van der Waals surface area contributed by atoms with Gasteiger partial charge in [0.25, 0.3) is 0 Å². The van der Waals surface area contributed by atoms with E-state index in [1.54, 1.807) is 0 Å². The second-order valence-electron chi connectivity index (χ2n) is 18.6. The number of aliphatic hydroxyl groups excluding tert-OH is 2. The van der Waals surface area contributed by atoms with Gasteiger partial charge in [0.2, 0.25) is 5.91 Å². The first kappa shape index (κ1) is 61.6. The van der Waals surface area contributed by atoms with Crippen LogP contribution in [0, 0.1) is 0 Å². The third-order valence-corrected chi connectivity index (χ3v) is 12.4. The molecule has 2 unspecified atom stereocenters. The van der Waals surface area contributed by atoms with Crippen LogP contribution in [0.1, 0.15) is 271 Å². The lowest BCUT2D eigenvalue weighted by Crippen LogP contribution is -2.45. The van der Waals surface area contributed by atoms with Gasteiger partial charge < -0.3 is 15.5 Å². The molecule has 2 atom stereocenters. The van der Waals surface area contributed by atoms with Crippen LogP contribution in [0.2, 0.25) is 0 Å². The van der Waals surface area contributed by atoms with E-state index in [9.17, 15) is 15.0 Å². The molecule has 0 spiro atoms. The second-order valence-corrected chi connectivity index (χ2v) is 18.6. The summed E-state index contributed by atoms with van der Waals surface area (Å²) in [6.07, 6.45) is 79.9. The van der Waals surface area contributed by atoms with E-state index in [-0.39, 0.29) is 12.5 Å². The van der Waals surface area contributed by atoms with Crippen LogP contribution >= 0.6 is 0 Å². The highest BCUT2D eigenvalue weighted by atomic mass is 16.3. The molecule has 4 nitrogen and oxygen atoms in total. The molecule has 3 N–H and O–H groups in total. The molecule has 4 heteroatoms. The molecule has 0 bridgehead atoms. The Morgan fingerprint density at radius 2 is 0.688 bits per heavy atom. The Morgan fingerprint density at radius 3 is 1.03 bits per heavy atom. The number of allylic oxidation sites excluding steroid dienone is 14. The van der Waals surface area contributed by atoms with Crippen molar-refractivity contribution in [2.24, 2.45) is 0 Å². The summed E-state index contributed by atoms with van der Waals surface area (Å²) in [7, 11) is 0. The topological polar surface area (TPSA) is 69.6 Å². The van der Waals surface area contributed by atoms with Crippen molar-refractivity contribution in [3.63, 3.8) is 0 Å². The maximum atomic E-state index is 12.5. The number of unbranched alkanes of at least 4 members (excludes halogenated alkanes) is 29. The number of carbonyl (C=O) groups excluding carboxylic acids is 1. The number of hydrogen-bond donors (Lipinski definition) is 3. The summed E-state index contributed by atoms with van der Waals surface area (Å²) in [5.74, 6) is -0.0507. The molecule has 0 aliphatic heterocycles. The predicted octanol–water partition coefficient (Wildman–Crippen LogP) is 18.4. The fourth-order valence-electron chi connectivity index (χ4n) is 8.22. The van der Waals surface area contributed by atoms with Gasteiger partial charge in [-0.25, -0.2) is 0 Å². The van der Waals surface area contributed by atoms with Crippen molar-refractivity contribution in [2.45, 2.75) is 283 Å². The van der Waals surface area contributed by atoms with Crippen LogP contribution in [-0.4, -0.2) is 34.9 Å². The Kier molecular flexibility index (Phi) is 52.8.